The summed E-state index contributed by atoms with van der Waals surface area (Å²) in [6, 6.07) is 18.3. The highest BCUT2D eigenvalue weighted by Gasteiger charge is 2.48. The number of alkyl halides is 3. The van der Waals surface area contributed by atoms with E-state index in [1.54, 1.807) is 42.5 Å². The zero-order valence-corrected chi connectivity index (χ0v) is 19.2. The Morgan fingerprint density at radius 3 is 2.34 bits per heavy atom. The number of hydrogen-bond donors (Lipinski definition) is 1. The molecule has 0 spiro atoms. The van der Waals surface area contributed by atoms with Gasteiger partial charge in [-0.15, -0.1) is 0 Å². The molecule has 0 aliphatic carbocycles. The monoisotopic (exact) mass is 484 g/mol. The number of halogens is 4. The molecule has 1 aliphatic rings. The molecule has 0 aromatic heterocycles. The van der Waals surface area contributed by atoms with Crippen LogP contribution in [0.5, 0.6) is 0 Å². The first-order chi connectivity index (χ1) is 16.5. The summed E-state index contributed by atoms with van der Waals surface area (Å²) in [5.41, 5.74) is 3.69. The van der Waals surface area contributed by atoms with Crippen molar-refractivity contribution in [3.05, 3.63) is 89.2 Å². The molecule has 0 amide bonds. The van der Waals surface area contributed by atoms with Gasteiger partial charge in [-0.3, -0.25) is 9.80 Å². The van der Waals surface area contributed by atoms with Crippen LogP contribution in [0.1, 0.15) is 30.0 Å². The zero-order chi connectivity index (χ0) is 25.3. The zero-order valence-electron chi connectivity index (χ0n) is 19.2. The minimum absolute atomic E-state index is 0.288. The molecule has 8 heteroatoms. The van der Waals surface area contributed by atoms with Crippen molar-refractivity contribution >= 4 is 17.4 Å². The third-order valence-electron chi connectivity index (χ3n) is 6.34. The number of carboxylic acid groups (broad SMARTS) is 1. The highest BCUT2D eigenvalue weighted by Crippen LogP contribution is 2.36. The van der Waals surface area contributed by atoms with E-state index in [-0.39, 0.29) is 5.82 Å². The van der Waals surface area contributed by atoms with Crippen LogP contribution in [0, 0.1) is 18.7 Å². The average molecular weight is 484 g/mol. The van der Waals surface area contributed by atoms with Crippen molar-refractivity contribution in [3.8, 4) is 11.1 Å². The first-order valence-corrected chi connectivity index (χ1v) is 11.1. The Kier molecular flexibility index (Phi) is 6.65. The number of hydrogen-bond acceptors (Lipinski definition) is 3. The Balaban J connectivity index is 1.55. The first kappa shape index (κ1) is 24.4. The molecule has 1 heterocycles. The van der Waals surface area contributed by atoms with Crippen LogP contribution >= 0.6 is 0 Å². The smallest absolute Gasteiger partial charge is 0.431 e. The molecule has 0 saturated carbocycles. The second-order valence-electron chi connectivity index (χ2n) is 8.75. The summed E-state index contributed by atoms with van der Waals surface area (Å²) in [6.07, 6.45) is -4.51. The molecule has 0 bridgehead atoms. The third kappa shape index (κ3) is 5.21. The van der Waals surface area contributed by atoms with E-state index >= 15 is 0 Å². The molecule has 0 fully saturated rings. The lowest BCUT2D eigenvalue weighted by Crippen LogP contribution is -2.36. The van der Waals surface area contributed by atoms with Gasteiger partial charge in [0.15, 0.2) is 0 Å². The lowest BCUT2D eigenvalue weighted by atomic mass is 9.94. The standard InChI is InChI=1S/C27H24F4N2O2/c1-16-13-20(22-5-3-4-6-23(22)28)10-9-19(16)14-18-7-11-21(12-8-18)33-24(15-25(34)35)17(2)26(32-33)27(29,30)31/h3-13,17,24H,14-15H2,1-2H3,(H,34,35)/t17?,24-/m0/s1. The van der Waals surface area contributed by atoms with Crippen LogP contribution in [0.3, 0.4) is 0 Å². The fourth-order valence-corrected chi connectivity index (χ4v) is 4.43. The number of anilines is 1. The molecule has 0 radical (unpaired) electrons. The molecular formula is C27H24F4N2O2. The normalized spacial score (nSPS) is 18.0. The quantitative estimate of drug-likeness (QED) is 0.401. The summed E-state index contributed by atoms with van der Waals surface area (Å²) in [5.74, 6) is -2.54. The van der Waals surface area contributed by atoms with Crippen LogP contribution in [-0.4, -0.2) is 29.0 Å². The maximum Gasteiger partial charge on any atom is 0.431 e. The van der Waals surface area contributed by atoms with Crippen LogP contribution < -0.4 is 5.01 Å². The van der Waals surface area contributed by atoms with Crippen molar-refractivity contribution in [2.24, 2.45) is 11.0 Å². The Hall–Kier alpha value is -3.68. The van der Waals surface area contributed by atoms with Crippen molar-refractivity contribution < 1.29 is 27.5 Å². The average Bonchev–Trinajstić information content (AvgIpc) is 3.12. The summed E-state index contributed by atoms with van der Waals surface area (Å²) in [7, 11) is 0. The Morgan fingerprint density at radius 1 is 1.06 bits per heavy atom. The van der Waals surface area contributed by atoms with Gasteiger partial charge in [-0.2, -0.15) is 18.3 Å². The predicted molar refractivity (Wildman–Crippen MR) is 127 cm³/mol. The van der Waals surface area contributed by atoms with Gasteiger partial charge in [-0.25, -0.2) is 4.39 Å². The molecule has 0 saturated heterocycles. The molecule has 3 aromatic rings. The molecule has 1 aliphatic heterocycles. The minimum Gasteiger partial charge on any atom is -0.481 e. The molecule has 1 unspecified atom stereocenters. The van der Waals surface area contributed by atoms with Gasteiger partial charge in [0.05, 0.1) is 18.2 Å². The fraction of sp³-hybridized carbons (Fsp3) is 0.259. The molecule has 4 nitrogen and oxygen atoms in total. The summed E-state index contributed by atoms with van der Waals surface area (Å²) in [4.78, 5) is 11.3. The van der Waals surface area contributed by atoms with Crippen molar-refractivity contribution in [1.29, 1.82) is 0 Å². The summed E-state index contributed by atoms with van der Waals surface area (Å²) >= 11 is 0. The van der Waals surface area contributed by atoms with E-state index in [4.69, 9.17) is 0 Å². The minimum atomic E-state index is -4.63. The number of aryl methyl sites for hydroxylation is 1. The molecule has 2 atom stereocenters. The van der Waals surface area contributed by atoms with Crippen LogP contribution in [0.25, 0.3) is 11.1 Å². The first-order valence-electron chi connectivity index (χ1n) is 11.1. The summed E-state index contributed by atoms with van der Waals surface area (Å²) in [6.45, 7) is 3.30. The van der Waals surface area contributed by atoms with Crippen LogP contribution in [0.15, 0.2) is 71.8 Å². The van der Waals surface area contributed by atoms with E-state index in [2.05, 4.69) is 5.10 Å². The molecular weight excluding hydrogens is 460 g/mol. The van der Waals surface area contributed by atoms with Crippen molar-refractivity contribution in [1.82, 2.24) is 0 Å². The van der Waals surface area contributed by atoms with E-state index in [1.165, 1.54) is 18.0 Å². The van der Waals surface area contributed by atoms with Crippen molar-refractivity contribution in [3.63, 3.8) is 0 Å². The van der Waals surface area contributed by atoms with Gasteiger partial charge in [0, 0.05) is 11.5 Å². The topological polar surface area (TPSA) is 52.9 Å². The van der Waals surface area contributed by atoms with E-state index in [0.29, 0.717) is 17.7 Å². The SMILES string of the molecule is Cc1cc(-c2ccccc2F)ccc1Cc1ccc(N2N=C(C(F)(F)F)C(C)[C@@H]2CC(=O)O)cc1. The number of carboxylic acids is 1. The number of benzene rings is 3. The maximum absolute atomic E-state index is 14.1. The number of aliphatic carboxylic acids is 1. The maximum atomic E-state index is 14.1. The van der Waals surface area contributed by atoms with Crippen molar-refractivity contribution in [2.45, 2.75) is 38.9 Å². The van der Waals surface area contributed by atoms with Gasteiger partial charge < -0.3 is 5.11 Å². The Labute approximate surface area is 200 Å². The van der Waals surface area contributed by atoms with Crippen LogP contribution in [0.4, 0.5) is 23.2 Å². The largest absolute Gasteiger partial charge is 0.481 e. The van der Waals surface area contributed by atoms with Gasteiger partial charge in [0.25, 0.3) is 0 Å². The Bertz CT molecular complexity index is 1270. The predicted octanol–water partition coefficient (Wildman–Crippen LogP) is 6.61. The second kappa shape index (κ2) is 9.52. The lowest BCUT2D eigenvalue weighted by molar-refractivity contribution is -0.137. The van der Waals surface area contributed by atoms with E-state index in [9.17, 15) is 27.5 Å². The molecule has 35 heavy (non-hydrogen) atoms. The molecule has 3 aromatic carbocycles. The van der Waals surface area contributed by atoms with E-state index in [1.807, 2.05) is 25.1 Å². The number of nitrogens with zero attached hydrogens (tertiary/aromatic N) is 2. The highest BCUT2D eigenvalue weighted by molar-refractivity contribution is 5.95. The van der Waals surface area contributed by atoms with Gasteiger partial charge in [0.1, 0.15) is 11.5 Å². The van der Waals surface area contributed by atoms with Crippen LogP contribution in [0.2, 0.25) is 0 Å². The number of hydrazone groups is 1. The van der Waals surface area contributed by atoms with Gasteiger partial charge >= 0.3 is 12.1 Å². The fourth-order valence-electron chi connectivity index (χ4n) is 4.43. The summed E-state index contributed by atoms with van der Waals surface area (Å²) in [5, 5.41) is 14.1. The van der Waals surface area contributed by atoms with Gasteiger partial charge in [-0.05, 0) is 53.8 Å². The second-order valence-corrected chi connectivity index (χ2v) is 8.75. The molecule has 1 N–H and O–H groups in total. The van der Waals surface area contributed by atoms with Crippen molar-refractivity contribution in [2.75, 3.05) is 5.01 Å². The van der Waals surface area contributed by atoms with E-state index < -0.39 is 36.2 Å². The number of carbonyl (C=O) groups is 1. The molecule has 4 rings (SSSR count). The molecule has 182 valence electrons. The summed E-state index contributed by atoms with van der Waals surface area (Å²) < 4.78 is 54.3. The lowest BCUT2D eigenvalue weighted by Gasteiger charge is -2.25. The third-order valence-corrected chi connectivity index (χ3v) is 6.34. The van der Waals surface area contributed by atoms with Gasteiger partial charge in [0.2, 0.25) is 0 Å². The van der Waals surface area contributed by atoms with Crippen LogP contribution in [-0.2, 0) is 11.2 Å². The van der Waals surface area contributed by atoms with E-state index in [0.717, 1.165) is 22.3 Å². The highest BCUT2D eigenvalue weighted by atomic mass is 19.4. The number of rotatable bonds is 6. The van der Waals surface area contributed by atoms with Gasteiger partial charge in [-0.1, -0.05) is 55.5 Å². The Morgan fingerprint density at radius 2 is 1.74 bits per heavy atom.